The number of rotatable bonds is 19. The normalized spacial score (nSPS) is 18.5. The van der Waals surface area contributed by atoms with E-state index in [1.807, 2.05) is 6.92 Å². The summed E-state index contributed by atoms with van der Waals surface area (Å²) >= 11 is 0. The largest absolute Gasteiger partial charge is 0.534 e. The molecule has 3 unspecified atom stereocenters. The Balaban J connectivity index is 1.11. The van der Waals surface area contributed by atoms with Gasteiger partial charge in [0.1, 0.15) is 12.4 Å². The average Bonchev–Trinajstić information content (AvgIpc) is 3.35. The van der Waals surface area contributed by atoms with E-state index in [-0.39, 0.29) is 25.5 Å². The van der Waals surface area contributed by atoms with Gasteiger partial charge in [0.05, 0.1) is 19.8 Å². The number of imide groups is 1. The molecule has 3 atom stereocenters. The standard InChI is InChI=1S/C32H44N2O10S2/c1-24-8-5-3-4-6-9-27(24)23-41-31(37)33-16-7-17-39-18-20-45-46-21-19-40-25(2)43-28-12-10-26(11-13-28)22-42-32(38)44-34-29(35)14-15-30(34)36/h10-13,24-25,27H,5-9,14-23H2,1-2H3,(H,33,37). The first-order chi connectivity index (χ1) is 22.3. The summed E-state index contributed by atoms with van der Waals surface area (Å²) in [6, 6.07) is 6.89. The van der Waals surface area contributed by atoms with Crippen molar-refractivity contribution in [2.45, 2.75) is 71.7 Å². The highest BCUT2D eigenvalue weighted by atomic mass is 33.1. The fourth-order valence-corrected chi connectivity index (χ4v) is 6.15. The molecule has 14 heteroatoms. The number of hydroxylamine groups is 2. The second kappa shape index (κ2) is 21.6. The van der Waals surface area contributed by atoms with Crippen molar-refractivity contribution < 1.29 is 47.7 Å². The lowest BCUT2D eigenvalue weighted by Gasteiger charge is -2.23. The van der Waals surface area contributed by atoms with Gasteiger partial charge in [-0.2, -0.15) is 0 Å². The maximum absolute atomic E-state index is 12.0. The monoisotopic (exact) mass is 680 g/mol. The zero-order valence-electron chi connectivity index (χ0n) is 26.5. The third-order valence-corrected chi connectivity index (χ3v) is 9.46. The predicted octanol–water partition coefficient (Wildman–Crippen LogP) is 5.49. The van der Waals surface area contributed by atoms with Crippen LogP contribution in [0.15, 0.2) is 24.3 Å². The molecule has 1 aliphatic heterocycles. The van der Waals surface area contributed by atoms with E-state index in [0.29, 0.717) is 61.2 Å². The van der Waals surface area contributed by atoms with Crippen LogP contribution in [0.3, 0.4) is 0 Å². The molecule has 1 saturated heterocycles. The molecule has 0 radical (unpaired) electrons. The third kappa shape index (κ3) is 15.0. The van der Waals surface area contributed by atoms with Crippen molar-refractivity contribution >= 4 is 45.7 Å². The fraction of sp³-hybridized carbons (Fsp3) is 0.625. The van der Waals surface area contributed by atoms with Crippen LogP contribution in [-0.2, 0) is 40.0 Å². The Morgan fingerprint density at radius 3 is 2.41 bits per heavy atom. The van der Waals surface area contributed by atoms with Gasteiger partial charge in [0.25, 0.3) is 11.8 Å². The molecule has 1 aromatic carbocycles. The van der Waals surface area contributed by atoms with Gasteiger partial charge in [0.2, 0.25) is 0 Å². The summed E-state index contributed by atoms with van der Waals surface area (Å²) in [5.41, 5.74) is 0.674. The molecule has 0 saturated carbocycles. The molecule has 46 heavy (non-hydrogen) atoms. The minimum atomic E-state index is -1.13. The molecule has 3 amide bonds. The number of ether oxygens (including phenoxy) is 5. The van der Waals surface area contributed by atoms with Crippen molar-refractivity contribution in [3.63, 3.8) is 0 Å². The highest BCUT2D eigenvalue weighted by Gasteiger charge is 2.33. The van der Waals surface area contributed by atoms with E-state index in [2.05, 4.69) is 28.9 Å². The van der Waals surface area contributed by atoms with Crippen LogP contribution >= 0.6 is 21.6 Å². The molecular weight excluding hydrogens is 636 g/mol. The minimum absolute atomic E-state index is 0.0165. The third-order valence-electron chi connectivity index (χ3n) is 7.13. The molecule has 0 spiro atoms. The Kier molecular flexibility index (Phi) is 17.6. The molecule has 2 aliphatic rings. The molecule has 12 nitrogen and oxygen atoms in total. The van der Waals surface area contributed by atoms with Gasteiger partial charge in [-0.25, -0.2) is 9.59 Å². The average molecular weight is 681 g/mol. The predicted molar refractivity (Wildman–Crippen MR) is 173 cm³/mol. The van der Waals surface area contributed by atoms with Gasteiger partial charge in [0.15, 0.2) is 6.29 Å². The highest BCUT2D eigenvalue weighted by Crippen LogP contribution is 2.24. The van der Waals surface area contributed by atoms with Crippen LogP contribution in [0, 0.1) is 23.7 Å². The Hall–Kier alpha value is -3.12. The lowest BCUT2D eigenvalue weighted by Crippen LogP contribution is -2.32. The number of hydrogen-bond donors (Lipinski definition) is 1. The number of nitrogens with zero attached hydrogens (tertiary/aromatic N) is 1. The molecule has 0 bridgehead atoms. The molecule has 1 aliphatic carbocycles. The quantitative estimate of drug-likeness (QED) is 0.0494. The van der Waals surface area contributed by atoms with Crippen LogP contribution in [0.5, 0.6) is 5.75 Å². The summed E-state index contributed by atoms with van der Waals surface area (Å²) in [5.74, 6) is 8.31. The highest BCUT2D eigenvalue weighted by molar-refractivity contribution is 8.76. The van der Waals surface area contributed by atoms with Crippen molar-refractivity contribution in [2.75, 3.05) is 44.5 Å². The molecule has 1 N–H and O–H groups in total. The molecule has 3 rings (SSSR count). The second-order valence-corrected chi connectivity index (χ2v) is 13.4. The summed E-state index contributed by atoms with van der Waals surface area (Å²) in [7, 11) is 3.41. The fourth-order valence-electron chi connectivity index (χ4n) is 4.45. The molecular formula is C32H44N2O10S2. The van der Waals surface area contributed by atoms with Gasteiger partial charge in [0, 0.05) is 50.3 Å². The van der Waals surface area contributed by atoms with E-state index < -0.39 is 24.3 Å². The van der Waals surface area contributed by atoms with E-state index in [1.165, 1.54) is 0 Å². The van der Waals surface area contributed by atoms with Gasteiger partial charge in [-0.05, 0) is 55.7 Å². The smallest absolute Gasteiger partial charge is 0.465 e. The Bertz CT molecular complexity index is 1160. The molecule has 1 heterocycles. The zero-order valence-corrected chi connectivity index (χ0v) is 28.1. The molecule has 0 aromatic heterocycles. The van der Waals surface area contributed by atoms with Crippen molar-refractivity contribution in [1.82, 2.24) is 10.4 Å². The number of carbonyl (C=O) groups excluding carboxylic acids is 4. The molecule has 1 fully saturated rings. The number of nitrogens with one attached hydrogen (secondary N) is 1. The lowest BCUT2D eigenvalue weighted by molar-refractivity contribution is -0.177. The first-order valence-electron chi connectivity index (χ1n) is 15.6. The van der Waals surface area contributed by atoms with Crippen LogP contribution < -0.4 is 10.1 Å². The second-order valence-electron chi connectivity index (χ2n) is 10.7. The Labute approximate surface area is 278 Å². The van der Waals surface area contributed by atoms with Crippen molar-refractivity contribution in [3.05, 3.63) is 29.8 Å². The van der Waals surface area contributed by atoms with Crippen LogP contribution in [0.25, 0.3) is 0 Å². The van der Waals surface area contributed by atoms with Gasteiger partial charge in [-0.1, -0.05) is 45.7 Å². The topological polar surface area (TPSA) is 139 Å². The van der Waals surface area contributed by atoms with Crippen LogP contribution in [0.2, 0.25) is 0 Å². The zero-order chi connectivity index (χ0) is 33.0. The van der Waals surface area contributed by atoms with E-state index >= 15 is 0 Å². The first-order valence-corrected chi connectivity index (χ1v) is 18.1. The number of amides is 3. The van der Waals surface area contributed by atoms with Crippen LogP contribution in [0.1, 0.15) is 64.4 Å². The summed E-state index contributed by atoms with van der Waals surface area (Å²) in [5, 5.41) is 3.23. The van der Waals surface area contributed by atoms with Gasteiger partial charge >= 0.3 is 12.2 Å². The van der Waals surface area contributed by atoms with E-state index in [0.717, 1.165) is 43.6 Å². The van der Waals surface area contributed by atoms with Crippen molar-refractivity contribution in [2.24, 2.45) is 11.8 Å². The lowest BCUT2D eigenvalue weighted by atomic mass is 9.86. The van der Waals surface area contributed by atoms with Crippen LogP contribution in [-0.4, -0.2) is 79.9 Å². The van der Waals surface area contributed by atoms with E-state index in [1.54, 1.807) is 45.9 Å². The summed E-state index contributed by atoms with van der Waals surface area (Å²) in [6.07, 6.45) is 2.63. The van der Waals surface area contributed by atoms with Crippen LogP contribution in [0.4, 0.5) is 9.59 Å². The molecule has 1 aromatic rings. The summed E-state index contributed by atoms with van der Waals surface area (Å²) in [4.78, 5) is 51.4. The SMILES string of the molecule is CC(OCCSSCCOCCCNC(=O)OCC1CCC#CCCC1C)Oc1ccc(COC(=O)ON2C(=O)CCC2=O)cc1. The Morgan fingerprint density at radius 1 is 0.978 bits per heavy atom. The maximum Gasteiger partial charge on any atom is 0.534 e. The van der Waals surface area contributed by atoms with Gasteiger partial charge in [-0.15, -0.1) is 11.8 Å². The van der Waals surface area contributed by atoms with Gasteiger partial charge in [-0.3, -0.25) is 14.4 Å². The maximum atomic E-state index is 12.0. The number of hydrogen-bond acceptors (Lipinski definition) is 12. The first kappa shape index (κ1) is 37.3. The molecule has 254 valence electrons. The Morgan fingerprint density at radius 2 is 1.67 bits per heavy atom. The van der Waals surface area contributed by atoms with Gasteiger partial charge < -0.3 is 29.0 Å². The van der Waals surface area contributed by atoms with Crippen molar-refractivity contribution in [1.29, 1.82) is 0 Å². The number of benzene rings is 1. The number of carbonyl (C=O) groups is 4. The van der Waals surface area contributed by atoms with E-state index in [9.17, 15) is 19.2 Å². The van der Waals surface area contributed by atoms with Crippen molar-refractivity contribution in [3.8, 4) is 17.6 Å². The minimum Gasteiger partial charge on any atom is -0.465 e. The number of alkyl carbamates (subject to hydrolysis) is 1. The summed E-state index contributed by atoms with van der Waals surface area (Å²) < 4.78 is 27.5. The van der Waals surface area contributed by atoms with E-state index in [4.69, 9.17) is 23.7 Å². The summed E-state index contributed by atoms with van der Waals surface area (Å²) in [6.45, 7) is 6.62.